The summed E-state index contributed by atoms with van der Waals surface area (Å²) in [5.74, 6) is 0. The molecule has 0 atom stereocenters. The molecule has 0 radical (unpaired) electrons. The van der Waals surface area contributed by atoms with Crippen LogP contribution in [0.25, 0.3) is 4.85 Å². The molecule has 3 heteroatoms. The highest BCUT2D eigenvalue weighted by Crippen LogP contribution is 2.21. The van der Waals surface area contributed by atoms with Crippen LogP contribution >= 0.6 is 0 Å². The van der Waals surface area contributed by atoms with Gasteiger partial charge in [0.1, 0.15) is 0 Å². The summed E-state index contributed by atoms with van der Waals surface area (Å²) >= 11 is 0. The lowest BCUT2D eigenvalue weighted by Crippen LogP contribution is -2.22. The van der Waals surface area contributed by atoms with E-state index in [0.717, 1.165) is 19.8 Å². The second kappa shape index (κ2) is 3.69. The summed E-state index contributed by atoms with van der Waals surface area (Å²) in [5, 5.41) is 0. The van der Waals surface area contributed by atoms with Crippen LogP contribution in [0, 0.1) is 6.57 Å². The molecule has 1 fully saturated rings. The van der Waals surface area contributed by atoms with Crippen molar-refractivity contribution in [2.75, 3.05) is 31.7 Å². The second-order valence-corrected chi connectivity index (χ2v) is 3.61. The van der Waals surface area contributed by atoms with E-state index in [0.29, 0.717) is 5.69 Å². The van der Waals surface area contributed by atoms with Gasteiger partial charge in [-0.2, -0.15) is 0 Å². The van der Waals surface area contributed by atoms with Crippen molar-refractivity contribution < 1.29 is 0 Å². The first-order chi connectivity index (χ1) is 6.79. The van der Waals surface area contributed by atoms with Crippen LogP contribution in [0.2, 0.25) is 0 Å². The summed E-state index contributed by atoms with van der Waals surface area (Å²) < 4.78 is 0. The van der Waals surface area contributed by atoms with Gasteiger partial charge in [0, 0.05) is 18.8 Å². The van der Waals surface area contributed by atoms with Gasteiger partial charge < -0.3 is 4.90 Å². The highest BCUT2D eigenvalue weighted by molar-refractivity contribution is 5.55. The molecule has 1 aliphatic rings. The van der Waals surface area contributed by atoms with Crippen LogP contribution < -0.4 is 4.90 Å². The predicted octanol–water partition coefficient (Wildman–Crippen LogP) is 1.95. The van der Waals surface area contributed by atoms with Crippen molar-refractivity contribution in [2.45, 2.75) is 0 Å². The molecule has 0 N–H and O–H groups in total. The zero-order chi connectivity index (χ0) is 9.97. The largest absolute Gasteiger partial charge is 0.357 e. The minimum atomic E-state index is 0.710. The van der Waals surface area contributed by atoms with Crippen LogP contribution in [0.4, 0.5) is 11.4 Å². The third kappa shape index (κ3) is 1.70. The van der Waals surface area contributed by atoms with Crippen molar-refractivity contribution in [1.29, 1.82) is 0 Å². The molecule has 72 valence electrons. The number of rotatable bonds is 1. The van der Waals surface area contributed by atoms with E-state index in [-0.39, 0.29) is 0 Å². The van der Waals surface area contributed by atoms with Crippen LogP contribution in [0.15, 0.2) is 24.3 Å². The molecule has 14 heavy (non-hydrogen) atoms. The zero-order valence-corrected chi connectivity index (χ0v) is 8.27. The van der Waals surface area contributed by atoms with Gasteiger partial charge in [0.25, 0.3) is 0 Å². The first-order valence-corrected chi connectivity index (χ1v) is 4.70. The molecule has 2 rings (SSSR count). The van der Waals surface area contributed by atoms with Crippen LogP contribution in [0.5, 0.6) is 0 Å². The highest BCUT2D eigenvalue weighted by Gasteiger charge is 2.15. The monoisotopic (exact) mass is 187 g/mol. The van der Waals surface area contributed by atoms with Crippen LogP contribution in [-0.4, -0.2) is 31.7 Å². The number of nitrogens with zero attached hydrogens (tertiary/aromatic N) is 3. The minimum Gasteiger partial charge on any atom is -0.357 e. The summed E-state index contributed by atoms with van der Waals surface area (Å²) in [4.78, 5) is 7.97. The molecule has 1 saturated heterocycles. The van der Waals surface area contributed by atoms with E-state index in [2.05, 4.69) is 21.7 Å². The summed E-state index contributed by atoms with van der Waals surface area (Å²) in [6, 6.07) is 7.79. The fourth-order valence-electron chi connectivity index (χ4n) is 1.67. The molecule has 0 aliphatic carbocycles. The summed E-state index contributed by atoms with van der Waals surface area (Å²) in [5.41, 5.74) is 1.92. The third-order valence-electron chi connectivity index (χ3n) is 2.51. The molecule has 0 saturated carbocycles. The van der Waals surface area contributed by atoms with E-state index in [1.54, 1.807) is 0 Å². The van der Waals surface area contributed by atoms with Crippen molar-refractivity contribution in [3.63, 3.8) is 0 Å². The van der Waals surface area contributed by atoms with E-state index in [1.165, 1.54) is 5.69 Å². The molecule has 0 aromatic heterocycles. The first kappa shape index (κ1) is 9.04. The van der Waals surface area contributed by atoms with Crippen molar-refractivity contribution in [2.24, 2.45) is 0 Å². The molecule has 0 bridgehead atoms. The maximum Gasteiger partial charge on any atom is 0.187 e. The molecule has 1 aromatic carbocycles. The quantitative estimate of drug-likeness (QED) is 0.622. The molecule has 1 aliphatic heterocycles. The van der Waals surface area contributed by atoms with Gasteiger partial charge in [0.15, 0.2) is 5.69 Å². The van der Waals surface area contributed by atoms with Crippen LogP contribution in [0.1, 0.15) is 0 Å². The number of anilines is 1. The van der Waals surface area contributed by atoms with Gasteiger partial charge in [0.05, 0.1) is 13.2 Å². The van der Waals surface area contributed by atoms with Crippen LogP contribution in [0.3, 0.4) is 0 Å². The first-order valence-electron chi connectivity index (χ1n) is 4.70. The molecule has 0 spiro atoms. The number of hydrogen-bond acceptors (Lipinski definition) is 2. The van der Waals surface area contributed by atoms with Gasteiger partial charge >= 0.3 is 0 Å². The molecule has 1 heterocycles. The Kier molecular flexibility index (Phi) is 2.38. The fraction of sp³-hybridized carbons (Fsp3) is 0.364. The Morgan fingerprint density at radius 2 is 1.93 bits per heavy atom. The lowest BCUT2D eigenvalue weighted by Gasteiger charge is -2.17. The van der Waals surface area contributed by atoms with E-state index in [9.17, 15) is 0 Å². The number of hydrogen-bond donors (Lipinski definition) is 0. The van der Waals surface area contributed by atoms with Crippen LogP contribution in [-0.2, 0) is 0 Å². The number of benzene rings is 1. The zero-order valence-electron chi connectivity index (χ0n) is 8.27. The standard InChI is InChI=1S/C11H13N3/c1-12-10-3-5-11(6-4-10)14-8-7-13(2)9-14/h3-6H,7-9H2,2H3. The summed E-state index contributed by atoms with van der Waals surface area (Å²) in [6.45, 7) is 10.0. The fourth-order valence-corrected chi connectivity index (χ4v) is 1.67. The predicted molar refractivity (Wildman–Crippen MR) is 57.5 cm³/mol. The van der Waals surface area contributed by atoms with Gasteiger partial charge in [-0.1, -0.05) is 12.1 Å². The molecule has 3 nitrogen and oxygen atoms in total. The van der Waals surface area contributed by atoms with Crippen molar-refractivity contribution in [3.8, 4) is 0 Å². The third-order valence-corrected chi connectivity index (χ3v) is 2.51. The molecular weight excluding hydrogens is 174 g/mol. The van der Waals surface area contributed by atoms with Crippen molar-refractivity contribution >= 4 is 11.4 Å². The van der Waals surface area contributed by atoms with Gasteiger partial charge in [-0.15, -0.1) is 0 Å². The summed E-state index contributed by atoms with van der Waals surface area (Å²) in [7, 11) is 2.12. The Morgan fingerprint density at radius 3 is 2.43 bits per heavy atom. The SMILES string of the molecule is [C-]#[N+]c1ccc(N2CCN(C)C2)cc1. The molecule has 0 unspecified atom stereocenters. The smallest absolute Gasteiger partial charge is 0.187 e. The van der Waals surface area contributed by atoms with Gasteiger partial charge in [0.2, 0.25) is 0 Å². The molecule has 1 aromatic rings. The number of likely N-dealkylation sites (N-methyl/N-ethyl adjacent to an activating group) is 1. The van der Waals surface area contributed by atoms with Crippen molar-refractivity contribution in [3.05, 3.63) is 35.7 Å². The Hall–Kier alpha value is -1.53. The van der Waals surface area contributed by atoms with E-state index >= 15 is 0 Å². The van der Waals surface area contributed by atoms with E-state index < -0.39 is 0 Å². The normalized spacial score (nSPS) is 17.0. The average Bonchev–Trinajstić information content (AvgIpc) is 2.65. The van der Waals surface area contributed by atoms with E-state index in [4.69, 9.17) is 6.57 Å². The van der Waals surface area contributed by atoms with Gasteiger partial charge in [-0.25, -0.2) is 4.85 Å². The minimum absolute atomic E-state index is 0.710. The second-order valence-electron chi connectivity index (χ2n) is 3.61. The Bertz CT molecular complexity index is 350. The maximum absolute atomic E-state index is 6.86. The Labute approximate surface area is 84.4 Å². The Balaban J connectivity index is 2.14. The lowest BCUT2D eigenvalue weighted by atomic mass is 10.2. The van der Waals surface area contributed by atoms with Gasteiger partial charge in [-0.3, -0.25) is 4.90 Å². The van der Waals surface area contributed by atoms with Crippen molar-refractivity contribution in [1.82, 2.24) is 4.90 Å². The topological polar surface area (TPSA) is 10.8 Å². The summed E-state index contributed by atoms with van der Waals surface area (Å²) in [6.07, 6.45) is 0. The Morgan fingerprint density at radius 1 is 1.21 bits per heavy atom. The molecule has 0 amide bonds. The molecular formula is C11H13N3. The maximum atomic E-state index is 6.86. The average molecular weight is 187 g/mol. The van der Waals surface area contributed by atoms with E-state index in [1.807, 2.05) is 24.3 Å². The highest BCUT2D eigenvalue weighted by atomic mass is 15.4. The van der Waals surface area contributed by atoms with Gasteiger partial charge in [-0.05, 0) is 19.2 Å². The lowest BCUT2D eigenvalue weighted by molar-refractivity contribution is 0.421.